The van der Waals surface area contributed by atoms with Crippen LogP contribution in [0.1, 0.15) is 37.7 Å². The molecule has 1 heterocycles. The Kier molecular flexibility index (Phi) is 3.77. The average Bonchev–Trinajstić information content (AvgIpc) is 2.82. The largest absolute Gasteiger partial charge is 0.370 e. The van der Waals surface area contributed by atoms with Gasteiger partial charge in [-0.25, -0.2) is 0 Å². The van der Waals surface area contributed by atoms with Crippen LogP contribution in [-0.2, 0) is 16.0 Å². The molecule has 1 aromatic heterocycles. The molecule has 0 bridgehead atoms. The maximum absolute atomic E-state index is 12.3. The standard InChI is InChI=1S/C13H18O2S/c1-15-13(6-3-2-4-7-13)12(14)9-11-5-8-16-10-11/h5,8,10H,2-4,6-7,9H2,1H3. The van der Waals surface area contributed by atoms with Crippen molar-refractivity contribution in [2.24, 2.45) is 0 Å². The van der Waals surface area contributed by atoms with Crippen molar-refractivity contribution in [2.45, 2.75) is 44.1 Å². The molecule has 0 saturated heterocycles. The molecular weight excluding hydrogens is 220 g/mol. The third kappa shape index (κ3) is 2.36. The smallest absolute Gasteiger partial charge is 0.168 e. The van der Waals surface area contributed by atoms with E-state index >= 15 is 0 Å². The van der Waals surface area contributed by atoms with Gasteiger partial charge in [-0.2, -0.15) is 11.3 Å². The van der Waals surface area contributed by atoms with E-state index in [2.05, 4.69) is 0 Å². The molecule has 0 atom stereocenters. The van der Waals surface area contributed by atoms with Crippen LogP contribution in [-0.4, -0.2) is 18.5 Å². The van der Waals surface area contributed by atoms with Gasteiger partial charge < -0.3 is 4.74 Å². The predicted molar refractivity (Wildman–Crippen MR) is 65.9 cm³/mol. The van der Waals surface area contributed by atoms with Gasteiger partial charge in [0.15, 0.2) is 5.78 Å². The van der Waals surface area contributed by atoms with Crippen LogP contribution < -0.4 is 0 Å². The van der Waals surface area contributed by atoms with E-state index < -0.39 is 5.60 Å². The first-order valence-corrected chi connectivity index (χ1v) is 6.81. The number of carbonyl (C=O) groups excluding carboxylic acids is 1. The van der Waals surface area contributed by atoms with Gasteiger partial charge in [0.05, 0.1) is 0 Å². The number of hydrogen-bond donors (Lipinski definition) is 0. The summed E-state index contributed by atoms with van der Waals surface area (Å²) in [4.78, 5) is 12.3. The molecule has 1 saturated carbocycles. The summed E-state index contributed by atoms with van der Waals surface area (Å²) in [7, 11) is 1.68. The lowest BCUT2D eigenvalue weighted by molar-refractivity contribution is -0.144. The first-order valence-electron chi connectivity index (χ1n) is 5.86. The Morgan fingerprint density at radius 2 is 2.19 bits per heavy atom. The summed E-state index contributed by atoms with van der Waals surface area (Å²) in [5, 5.41) is 4.06. The van der Waals surface area contributed by atoms with Gasteiger partial charge in [-0.3, -0.25) is 4.79 Å². The number of ketones is 1. The number of thiophene rings is 1. The van der Waals surface area contributed by atoms with Gasteiger partial charge >= 0.3 is 0 Å². The first kappa shape index (κ1) is 11.8. The molecule has 3 heteroatoms. The quantitative estimate of drug-likeness (QED) is 0.805. The zero-order chi connectivity index (χ0) is 11.4. The number of methoxy groups -OCH3 is 1. The number of carbonyl (C=O) groups is 1. The molecule has 88 valence electrons. The van der Waals surface area contributed by atoms with Crippen LogP contribution in [0.25, 0.3) is 0 Å². The van der Waals surface area contributed by atoms with Gasteiger partial charge in [0.25, 0.3) is 0 Å². The van der Waals surface area contributed by atoms with Crippen molar-refractivity contribution >= 4 is 17.1 Å². The Morgan fingerprint density at radius 1 is 1.44 bits per heavy atom. The van der Waals surface area contributed by atoms with E-state index in [4.69, 9.17) is 4.74 Å². The highest BCUT2D eigenvalue weighted by Gasteiger charge is 2.38. The number of Topliss-reactive ketones (excluding diaryl/α,β-unsaturated/α-hetero) is 1. The number of hydrogen-bond acceptors (Lipinski definition) is 3. The zero-order valence-corrected chi connectivity index (χ0v) is 10.5. The highest BCUT2D eigenvalue weighted by molar-refractivity contribution is 7.08. The maximum atomic E-state index is 12.3. The SMILES string of the molecule is COC1(C(=O)Cc2ccsc2)CCCCC1. The van der Waals surface area contributed by atoms with Crippen LogP contribution in [0.5, 0.6) is 0 Å². The Morgan fingerprint density at radius 3 is 2.75 bits per heavy atom. The second kappa shape index (κ2) is 5.11. The topological polar surface area (TPSA) is 26.3 Å². The van der Waals surface area contributed by atoms with Crippen LogP contribution in [0.4, 0.5) is 0 Å². The van der Waals surface area contributed by atoms with Gasteiger partial charge in [-0.15, -0.1) is 0 Å². The minimum Gasteiger partial charge on any atom is -0.370 e. The maximum Gasteiger partial charge on any atom is 0.168 e. The summed E-state index contributed by atoms with van der Waals surface area (Å²) in [5.74, 6) is 0.258. The zero-order valence-electron chi connectivity index (χ0n) is 9.70. The summed E-state index contributed by atoms with van der Waals surface area (Å²) in [5.41, 5.74) is 0.636. The van der Waals surface area contributed by atoms with Gasteiger partial charge in [-0.1, -0.05) is 19.3 Å². The second-order valence-electron chi connectivity index (χ2n) is 4.49. The fourth-order valence-corrected chi connectivity index (χ4v) is 3.13. The molecule has 16 heavy (non-hydrogen) atoms. The van der Waals surface area contributed by atoms with E-state index in [1.54, 1.807) is 18.4 Å². The third-order valence-electron chi connectivity index (χ3n) is 3.50. The van der Waals surface area contributed by atoms with E-state index in [9.17, 15) is 4.79 Å². The summed E-state index contributed by atoms with van der Waals surface area (Å²) < 4.78 is 5.54. The molecule has 0 N–H and O–H groups in total. The summed E-state index contributed by atoms with van der Waals surface area (Å²) in [6.45, 7) is 0. The Balaban J connectivity index is 2.06. The van der Waals surface area contributed by atoms with Crippen molar-refractivity contribution in [3.8, 4) is 0 Å². The van der Waals surface area contributed by atoms with Gasteiger partial charge in [0.2, 0.25) is 0 Å². The van der Waals surface area contributed by atoms with Crippen LogP contribution >= 0.6 is 11.3 Å². The third-order valence-corrected chi connectivity index (χ3v) is 4.24. The molecule has 0 radical (unpaired) electrons. The van der Waals surface area contributed by atoms with Crippen molar-refractivity contribution in [3.05, 3.63) is 22.4 Å². The van der Waals surface area contributed by atoms with E-state index in [0.29, 0.717) is 6.42 Å². The highest BCUT2D eigenvalue weighted by atomic mass is 32.1. The highest BCUT2D eigenvalue weighted by Crippen LogP contribution is 2.33. The molecule has 1 aromatic rings. The molecule has 0 aromatic carbocycles. The van der Waals surface area contributed by atoms with Crippen molar-refractivity contribution in [1.29, 1.82) is 0 Å². The molecule has 1 fully saturated rings. The van der Waals surface area contributed by atoms with Gasteiger partial charge in [0, 0.05) is 13.5 Å². The molecule has 0 amide bonds. The van der Waals surface area contributed by atoms with Crippen LogP contribution in [0.2, 0.25) is 0 Å². The molecule has 1 aliphatic rings. The monoisotopic (exact) mass is 238 g/mol. The normalized spacial score (nSPS) is 19.6. The predicted octanol–water partition coefficient (Wildman–Crippen LogP) is 3.21. The van der Waals surface area contributed by atoms with E-state index in [1.807, 2.05) is 16.8 Å². The minimum absolute atomic E-state index is 0.258. The van der Waals surface area contributed by atoms with Crippen molar-refractivity contribution in [3.63, 3.8) is 0 Å². The summed E-state index contributed by atoms with van der Waals surface area (Å²) in [6.07, 6.45) is 5.78. The first-order chi connectivity index (χ1) is 7.77. The number of rotatable bonds is 4. The van der Waals surface area contributed by atoms with E-state index in [0.717, 1.165) is 31.2 Å². The van der Waals surface area contributed by atoms with Crippen molar-refractivity contribution in [2.75, 3.05) is 7.11 Å². The van der Waals surface area contributed by atoms with E-state index in [-0.39, 0.29) is 5.78 Å². The molecule has 1 aliphatic carbocycles. The molecule has 0 unspecified atom stereocenters. The summed E-state index contributed by atoms with van der Waals surface area (Å²) >= 11 is 1.64. The van der Waals surface area contributed by atoms with Gasteiger partial charge in [0.1, 0.15) is 5.60 Å². The molecular formula is C13H18O2S. The van der Waals surface area contributed by atoms with Crippen LogP contribution in [0.15, 0.2) is 16.8 Å². The lowest BCUT2D eigenvalue weighted by Gasteiger charge is -2.34. The minimum atomic E-state index is -0.486. The molecule has 2 nitrogen and oxygen atoms in total. The van der Waals surface area contributed by atoms with Crippen LogP contribution in [0, 0.1) is 0 Å². The lowest BCUT2D eigenvalue weighted by Crippen LogP contribution is -2.43. The lowest BCUT2D eigenvalue weighted by atomic mass is 9.80. The average molecular weight is 238 g/mol. The molecule has 2 rings (SSSR count). The Bertz CT molecular complexity index is 337. The summed E-state index contributed by atoms with van der Waals surface area (Å²) in [6, 6.07) is 2.02. The van der Waals surface area contributed by atoms with Gasteiger partial charge in [-0.05, 0) is 35.2 Å². The fourth-order valence-electron chi connectivity index (χ4n) is 2.46. The van der Waals surface area contributed by atoms with E-state index in [1.165, 1.54) is 6.42 Å². The van der Waals surface area contributed by atoms with Crippen molar-refractivity contribution in [1.82, 2.24) is 0 Å². The van der Waals surface area contributed by atoms with Crippen LogP contribution in [0.3, 0.4) is 0 Å². The Labute approximate surface area is 101 Å². The molecule has 0 spiro atoms. The molecule has 0 aliphatic heterocycles. The second-order valence-corrected chi connectivity index (χ2v) is 5.27. The fraction of sp³-hybridized carbons (Fsp3) is 0.615. The number of ether oxygens (including phenoxy) is 1. The Hall–Kier alpha value is -0.670. The van der Waals surface area contributed by atoms with Crippen molar-refractivity contribution < 1.29 is 9.53 Å².